The Bertz CT molecular complexity index is 278. The van der Waals surface area contributed by atoms with E-state index in [1.165, 1.54) is 0 Å². The van der Waals surface area contributed by atoms with Crippen molar-refractivity contribution < 1.29 is 14.4 Å². The van der Waals surface area contributed by atoms with Gasteiger partial charge in [0.25, 0.3) is 0 Å². The number of aromatic carboxylic acids is 1. The zero-order valence-corrected chi connectivity index (χ0v) is 8.42. The van der Waals surface area contributed by atoms with Crippen molar-refractivity contribution in [3.63, 3.8) is 0 Å². The molecular weight excluding hydrogens is 170 g/mol. The molecule has 0 aliphatic heterocycles. The highest BCUT2D eigenvalue weighted by Crippen LogP contribution is 2.12. The second-order valence-electron chi connectivity index (χ2n) is 2.24. The quantitative estimate of drug-likeness (QED) is 0.767. The van der Waals surface area contributed by atoms with Crippen LogP contribution >= 0.6 is 0 Å². The third kappa shape index (κ3) is 2.57. The van der Waals surface area contributed by atoms with Crippen LogP contribution in [0.5, 0.6) is 0 Å². The van der Waals surface area contributed by atoms with Gasteiger partial charge in [0.2, 0.25) is 5.76 Å². The van der Waals surface area contributed by atoms with E-state index >= 15 is 0 Å². The summed E-state index contributed by atoms with van der Waals surface area (Å²) in [4.78, 5) is 10.4. The molecule has 0 bridgehead atoms. The van der Waals surface area contributed by atoms with Crippen LogP contribution in [0, 0.1) is 6.92 Å². The number of carbonyl (C=O) groups is 1. The molecule has 0 aliphatic carbocycles. The minimum atomic E-state index is -1.06. The predicted molar refractivity (Wildman–Crippen MR) is 48.9 cm³/mol. The molecule has 1 N–H and O–H groups in total. The second kappa shape index (κ2) is 5.35. The van der Waals surface area contributed by atoms with Gasteiger partial charge < -0.3 is 9.63 Å². The molecule has 0 atom stereocenters. The average Bonchev–Trinajstić information content (AvgIpc) is 2.50. The van der Waals surface area contributed by atoms with Crippen LogP contribution in [-0.2, 0) is 6.42 Å². The number of rotatable bonds is 2. The number of hydrogen-bond acceptors (Lipinski definition) is 3. The molecule has 0 aliphatic rings. The van der Waals surface area contributed by atoms with Gasteiger partial charge in [-0.3, -0.25) is 0 Å². The Morgan fingerprint density at radius 3 is 2.31 bits per heavy atom. The average molecular weight is 185 g/mol. The highest BCUT2D eigenvalue weighted by atomic mass is 16.5. The summed E-state index contributed by atoms with van der Waals surface area (Å²) in [7, 11) is 0. The van der Waals surface area contributed by atoms with Crippen LogP contribution in [0.4, 0.5) is 0 Å². The predicted octanol–water partition coefficient (Wildman–Crippen LogP) is 2.27. The largest absolute Gasteiger partial charge is 0.475 e. The van der Waals surface area contributed by atoms with E-state index in [0.717, 1.165) is 0 Å². The first-order valence-electron chi connectivity index (χ1n) is 4.35. The van der Waals surface area contributed by atoms with Crippen molar-refractivity contribution in [2.24, 2.45) is 0 Å². The molecule has 74 valence electrons. The zero-order chi connectivity index (χ0) is 10.4. The molecule has 13 heavy (non-hydrogen) atoms. The normalized spacial score (nSPS) is 8.92. The summed E-state index contributed by atoms with van der Waals surface area (Å²) in [6.07, 6.45) is 0.697. The fourth-order valence-electron chi connectivity index (χ4n) is 0.898. The molecule has 0 aromatic carbocycles. The Morgan fingerprint density at radius 2 is 2.08 bits per heavy atom. The highest BCUT2D eigenvalue weighted by molar-refractivity contribution is 5.86. The number of aromatic nitrogens is 1. The lowest BCUT2D eigenvalue weighted by molar-refractivity contribution is 0.0651. The lowest BCUT2D eigenvalue weighted by Crippen LogP contribution is -1.96. The van der Waals surface area contributed by atoms with Crippen molar-refractivity contribution in [1.82, 2.24) is 5.16 Å². The maximum Gasteiger partial charge on any atom is 0.375 e. The second-order valence-corrected chi connectivity index (χ2v) is 2.24. The van der Waals surface area contributed by atoms with Crippen molar-refractivity contribution in [1.29, 1.82) is 0 Å². The van der Waals surface area contributed by atoms with Crippen LogP contribution < -0.4 is 0 Å². The fourth-order valence-corrected chi connectivity index (χ4v) is 0.898. The van der Waals surface area contributed by atoms with Crippen molar-refractivity contribution in [2.75, 3.05) is 0 Å². The van der Waals surface area contributed by atoms with E-state index in [9.17, 15) is 4.79 Å². The third-order valence-corrected chi connectivity index (χ3v) is 1.55. The maximum atomic E-state index is 10.4. The van der Waals surface area contributed by atoms with E-state index in [4.69, 9.17) is 5.11 Å². The number of carboxylic acids is 1. The fraction of sp³-hybridized carbons (Fsp3) is 0.556. The summed E-state index contributed by atoms with van der Waals surface area (Å²) in [5, 5.41) is 12.1. The van der Waals surface area contributed by atoms with Crippen molar-refractivity contribution in [2.45, 2.75) is 34.1 Å². The Morgan fingerprint density at radius 1 is 1.54 bits per heavy atom. The van der Waals surface area contributed by atoms with Crippen LogP contribution in [-0.4, -0.2) is 16.2 Å². The molecule has 0 unspecified atom stereocenters. The van der Waals surface area contributed by atoms with E-state index in [1.54, 1.807) is 6.92 Å². The van der Waals surface area contributed by atoms with E-state index in [0.29, 0.717) is 17.7 Å². The molecule has 1 aromatic rings. The van der Waals surface area contributed by atoms with Crippen LogP contribution in [0.25, 0.3) is 0 Å². The summed E-state index contributed by atoms with van der Waals surface area (Å²) >= 11 is 0. The van der Waals surface area contributed by atoms with Gasteiger partial charge in [-0.1, -0.05) is 25.9 Å². The molecule has 0 radical (unpaired) electrons. The molecule has 4 nitrogen and oxygen atoms in total. The van der Waals surface area contributed by atoms with Crippen molar-refractivity contribution in [3.05, 3.63) is 17.0 Å². The van der Waals surface area contributed by atoms with Gasteiger partial charge in [-0.05, 0) is 13.3 Å². The number of carboxylic acid groups (broad SMARTS) is 1. The molecule has 0 amide bonds. The number of hydrogen-bond donors (Lipinski definition) is 1. The van der Waals surface area contributed by atoms with Gasteiger partial charge in [0.15, 0.2) is 0 Å². The minimum absolute atomic E-state index is 0.0538. The molecule has 0 spiro atoms. The SMILES string of the molecule is CC.CCc1noc(C(=O)O)c1C. The standard InChI is InChI=1S/C7H9NO3.C2H6/c1-3-5-4(2)6(7(9)10)11-8-5;1-2/h3H2,1-2H3,(H,9,10);1-2H3. The lowest BCUT2D eigenvalue weighted by atomic mass is 10.2. The molecule has 1 aromatic heterocycles. The van der Waals surface area contributed by atoms with Gasteiger partial charge in [0.05, 0.1) is 5.69 Å². The van der Waals surface area contributed by atoms with Crippen molar-refractivity contribution in [3.8, 4) is 0 Å². The summed E-state index contributed by atoms with van der Waals surface area (Å²) in [6.45, 7) is 7.59. The summed E-state index contributed by atoms with van der Waals surface area (Å²) in [6, 6.07) is 0. The Kier molecular flexibility index (Phi) is 4.80. The topological polar surface area (TPSA) is 63.3 Å². The molecule has 0 fully saturated rings. The smallest absolute Gasteiger partial charge is 0.375 e. The molecule has 0 saturated heterocycles. The van der Waals surface area contributed by atoms with E-state index in [2.05, 4.69) is 9.68 Å². The third-order valence-electron chi connectivity index (χ3n) is 1.55. The Balaban J connectivity index is 0.000000671. The van der Waals surface area contributed by atoms with E-state index in [1.807, 2.05) is 20.8 Å². The Hall–Kier alpha value is -1.32. The van der Waals surface area contributed by atoms with E-state index in [-0.39, 0.29) is 5.76 Å². The van der Waals surface area contributed by atoms with Crippen LogP contribution in [0.1, 0.15) is 42.6 Å². The maximum absolute atomic E-state index is 10.4. The molecule has 1 heterocycles. The van der Waals surface area contributed by atoms with Crippen LogP contribution in [0.2, 0.25) is 0 Å². The van der Waals surface area contributed by atoms with Crippen LogP contribution in [0.15, 0.2) is 4.52 Å². The summed E-state index contributed by atoms with van der Waals surface area (Å²) in [5.74, 6) is -1.11. The molecule has 4 heteroatoms. The summed E-state index contributed by atoms with van der Waals surface area (Å²) in [5.41, 5.74) is 1.34. The van der Waals surface area contributed by atoms with Crippen LogP contribution in [0.3, 0.4) is 0 Å². The first-order chi connectivity index (χ1) is 6.16. The van der Waals surface area contributed by atoms with Gasteiger partial charge in [-0.2, -0.15) is 0 Å². The monoisotopic (exact) mass is 185 g/mol. The Labute approximate surface area is 77.5 Å². The van der Waals surface area contributed by atoms with Gasteiger partial charge in [-0.15, -0.1) is 0 Å². The van der Waals surface area contributed by atoms with Crippen molar-refractivity contribution >= 4 is 5.97 Å². The number of aryl methyl sites for hydroxylation is 1. The van der Waals surface area contributed by atoms with Gasteiger partial charge in [-0.25, -0.2) is 4.79 Å². The van der Waals surface area contributed by atoms with Gasteiger partial charge in [0.1, 0.15) is 0 Å². The lowest BCUT2D eigenvalue weighted by Gasteiger charge is -1.87. The van der Waals surface area contributed by atoms with E-state index < -0.39 is 5.97 Å². The van der Waals surface area contributed by atoms with Gasteiger partial charge in [0, 0.05) is 5.56 Å². The first kappa shape index (κ1) is 11.7. The molecular formula is C9H15NO3. The molecule has 1 rings (SSSR count). The highest BCUT2D eigenvalue weighted by Gasteiger charge is 2.15. The minimum Gasteiger partial charge on any atom is -0.475 e. The molecule has 0 saturated carbocycles. The number of nitrogens with zero attached hydrogens (tertiary/aromatic N) is 1. The first-order valence-corrected chi connectivity index (χ1v) is 4.35. The summed E-state index contributed by atoms with van der Waals surface area (Å²) < 4.78 is 4.60. The van der Waals surface area contributed by atoms with Gasteiger partial charge >= 0.3 is 5.97 Å². The zero-order valence-electron chi connectivity index (χ0n) is 8.42.